The highest BCUT2D eigenvalue weighted by Crippen LogP contribution is 2.66. The molecule has 212 valence electrons. The van der Waals surface area contributed by atoms with Crippen molar-refractivity contribution in [2.24, 2.45) is 52.8 Å². The number of piperidine rings is 2. The molecule has 1 N–H and O–H groups in total. The van der Waals surface area contributed by atoms with Crippen molar-refractivity contribution in [3.63, 3.8) is 0 Å². The zero-order chi connectivity index (χ0) is 27.1. The molecular weight excluding hydrogens is 486 g/mol. The number of fused-ring (bicyclic) bond motifs is 8. The van der Waals surface area contributed by atoms with Gasteiger partial charge in [0.15, 0.2) is 0 Å². The van der Waals surface area contributed by atoms with Crippen molar-refractivity contribution in [2.45, 2.75) is 96.3 Å². The first-order valence-corrected chi connectivity index (χ1v) is 15.9. The second-order valence-electron chi connectivity index (χ2n) is 15.0. The van der Waals surface area contributed by atoms with Gasteiger partial charge in [0, 0.05) is 31.5 Å². The smallest absolute Gasteiger partial charge is 0.338 e. The zero-order valence-electron chi connectivity index (χ0n) is 24.1. The molecule has 2 saturated heterocycles. The van der Waals surface area contributed by atoms with Crippen molar-refractivity contribution in [1.82, 2.24) is 4.90 Å². The van der Waals surface area contributed by atoms with E-state index < -0.39 is 5.60 Å². The number of rotatable bonds is 2. The van der Waals surface area contributed by atoms with Crippen molar-refractivity contribution in [1.29, 1.82) is 0 Å². The van der Waals surface area contributed by atoms with E-state index in [1.807, 2.05) is 18.2 Å². The van der Waals surface area contributed by atoms with Gasteiger partial charge >= 0.3 is 5.97 Å². The van der Waals surface area contributed by atoms with Crippen molar-refractivity contribution in [3.8, 4) is 0 Å². The number of ketones is 1. The summed E-state index contributed by atoms with van der Waals surface area (Å²) in [5.41, 5.74) is -0.0175. The van der Waals surface area contributed by atoms with Gasteiger partial charge in [0.2, 0.25) is 0 Å². The molecule has 10 unspecified atom stereocenters. The van der Waals surface area contributed by atoms with Gasteiger partial charge in [0.05, 0.1) is 11.2 Å². The molecule has 0 spiro atoms. The number of ether oxygens (including phenoxy) is 1. The van der Waals surface area contributed by atoms with Crippen molar-refractivity contribution >= 4 is 11.8 Å². The molecule has 4 saturated carbocycles. The molecule has 12 atom stereocenters. The van der Waals surface area contributed by atoms with Crippen LogP contribution < -0.4 is 0 Å². The van der Waals surface area contributed by atoms with Gasteiger partial charge in [-0.25, -0.2) is 4.79 Å². The monoisotopic (exact) mass is 533 g/mol. The SMILES string of the molecule is CC1CCC2N(C1)CC1C3CC4C(CC(=O)C5CC(OC(=O)c6ccccc6)CC[C@@]54C)C3CCC1[C@]2(C)O. The molecule has 0 bridgehead atoms. The quantitative estimate of drug-likeness (QED) is 0.490. The summed E-state index contributed by atoms with van der Waals surface area (Å²) in [6.45, 7) is 9.18. The Labute approximate surface area is 234 Å². The van der Waals surface area contributed by atoms with Gasteiger partial charge < -0.3 is 9.84 Å². The van der Waals surface area contributed by atoms with Crippen molar-refractivity contribution < 1.29 is 19.4 Å². The minimum Gasteiger partial charge on any atom is -0.459 e. The Morgan fingerprint density at radius 3 is 2.51 bits per heavy atom. The van der Waals surface area contributed by atoms with Gasteiger partial charge in [-0.2, -0.15) is 0 Å². The second kappa shape index (κ2) is 9.41. The van der Waals surface area contributed by atoms with E-state index >= 15 is 0 Å². The van der Waals surface area contributed by atoms with E-state index in [-0.39, 0.29) is 23.4 Å². The van der Waals surface area contributed by atoms with Crippen LogP contribution in [0.4, 0.5) is 0 Å². The van der Waals surface area contributed by atoms with Crippen molar-refractivity contribution in [3.05, 3.63) is 35.9 Å². The molecular formula is C34H47NO4. The van der Waals surface area contributed by atoms with Gasteiger partial charge in [-0.15, -0.1) is 0 Å². The van der Waals surface area contributed by atoms with Crippen LogP contribution in [0.5, 0.6) is 0 Å². The van der Waals surface area contributed by atoms with Crippen LogP contribution >= 0.6 is 0 Å². The van der Waals surface area contributed by atoms with E-state index in [4.69, 9.17) is 4.74 Å². The number of esters is 1. The molecule has 6 fully saturated rings. The maximum atomic E-state index is 13.8. The van der Waals surface area contributed by atoms with Gasteiger partial charge in [0.25, 0.3) is 0 Å². The topological polar surface area (TPSA) is 66.8 Å². The maximum Gasteiger partial charge on any atom is 0.338 e. The Morgan fingerprint density at radius 2 is 1.72 bits per heavy atom. The molecule has 2 aliphatic heterocycles. The molecule has 5 nitrogen and oxygen atoms in total. The van der Waals surface area contributed by atoms with Crippen LogP contribution in [0.25, 0.3) is 0 Å². The number of carbonyl (C=O) groups is 2. The van der Waals surface area contributed by atoms with E-state index in [9.17, 15) is 14.7 Å². The lowest BCUT2D eigenvalue weighted by Crippen LogP contribution is -2.67. The first kappa shape index (κ1) is 26.2. The molecule has 39 heavy (non-hydrogen) atoms. The predicted octanol–water partition coefficient (Wildman–Crippen LogP) is 5.75. The predicted molar refractivity (Wildman–Crippen MR) is 150 cm³/mol. The van der Waals surface area contributed by atoms with Gasteiger partial charge in [-0.1, -0.05) is 32.0 Å². The van der Waals surface area contributed by atoms with Crippen LogP contribution in [-0.2, 0) is 9.53 Å². The number of hydrogen-bond donors (Lipinski definition) is 1. The average Bonchev–Trinajstić information content (AvgIpc) is 3.29. The minimum absolute atomic E-state index is 0.00110. The number of carbonyl (C=O) groups excluding carboxylic acids is 2. The standard InChI is InChI=1S/C34H47NO4/c1-20-9-12-31-34(3,38)27-11-10-23-24(26(27)19-35(31)18-20)16-28-25(23)17-30(36)29-15-22(13-14-33(28,29)2)39-32(37)21-7-5-4-6-8-21/h4-8,20,22-29,31,38H,9-19H2,1-3H3/t20?,22?,23?,24?,25?,26?,27?,28?,29?,31?,33-,34+/m1/s1. The van der Waals surface area contributed by atoms with E-state index in [0.29, 0.717) is 71.7 Å². The maximum absolute atomic E-state index is 13.8. The summed E-state index contributed by atoms with van der Waals surface area (Å²) in [5.74, 6) is 4.12. The van der Waals surface area contributed by atoms with Crippen LogP contribution in [0, 0.1) is 52.8 Å². The summed E-state index contributed by atoms with van der Waals surface area (Å²) in [4.78, 5) is 29.2. The Hall–Kier alpha value is -1.72. The molecule has 5 heteroatoms. The number of nitrogens with zero attached hydrogens (tertiary/aromatic N) is 1. The first-order valence-electron chi connectivity index (χ1n) is 15.9. The third kappa shape index (κ3) is 4.08. The molecule has 0 aromatic heterocycles. The number of Topliss-reactive ketones (excluding diaryl/α,β-unsaturated/α-hetero) is 1. The van der Waals surface area contributed by atoms with Crippen molar-refractivity contribution in [2.75, 3.05) is 13.1 Å². The Morgan fingerprint density at radius 1 is 0.923 bits per heavy atom. The summed E-state index contributed by atoms with van der Waals surface area (Å²) in [5, 5.41) is 12.0. The normalized spacial score (nSPS) is 49.2. The molecule has 2 heterocycles. The fourth-order valence-corrected chi connectivity index (χ4v) is 11.2. The highest BCUT2D eigenvalue weighted by molar-refractivity contribution is 5.89. The molecule has 0 amide bonds. The fraction of sp³-hybridized carbons (Fsp3) is 0.765. The van der Waals surface area contributed by atoms with Crippen LogP contribution in [0.3, 0.4) is 0 Å². The fourth-order valence-electron chi connectivity index (χ4n) is 11.2. The largest absolute Gasteiger partial charge is 0.459 e. The Balaban J connectivity index is 1.10. The highest BCUT2D eigenvalue weighted by Gasteiger charge is 2.64. The zero-order valence-corrected chi connectivity index (χ0v) is 24.1. The van der Waals surface area contributed by atoms with Crippen LogP contribution in [-0.4, -0.2) is 52.6 Å². The summed E-state index contributed by atoms with van der Waals surface area (Å²) in [6, 6.07) is 9.54. The lowest BCUT2D eigenvalue weighted by Gasteiger charge is -2.59. The third-order valence-electron chi connectivity index (χ3n) is 13.1. The third-order valence-corrected chi connectivity index (χ3v) is 13.1. The van der Waals surface area contributed by atoms with E-state index in [1.165, 1.54) is 19.3 Å². The van der Waals surface area contributed by atoms with E-state index in [1.54, 1.807) is 12.1 Å². The first-order chi connectivity index (χ1) is 18.7. The van der Waals surface area contributed by atoms with Crippen LogP contribution in [0.1, 0.15) is 88.9 Å². The molecule has 1 aromatic rings. The molecule has 0 radical (unpaired) electrons. The Kier molecular flexibility index (Phi) is 6.32. The lowest BCUT2D eigenvalue weighted by atomic mass is 9.51. The second-order valence-corrected chi connectivity index (χ2v) is 15.0. The highest BCUT2D eigenvalue weighted by atomic mass is 16.5. The summed E-state index contributed by atoms with van der Waals surface area (Å²) < 4.78 is 5.95. The number of hydrogen-bond acceptors (Lipinski definition) is 5. The van der Waals surface area contributed by atoms with Gasteiger partial charge in [0.1, 0.15) is 11.9 Å². The van der Waals surface area contributed by atoms with Crippen LogP contribution in [0.15, 0.2) is 30.3 Å². The number of benzene rings is 1. The van der Waals surface area contributed by atoms with E-state index in [0.717, 1.165) is 38.8 Å². The van der Waals surface area contributed by atoms with Gasteiger partial charge in [-0.3, -0.25) is 9.69 Å². The molecule has 6 aliphatic rings. The van der Waals surface area contributed by atoms with E-state index in [2.05, 4.69) is 25.7 Å². The number of aliphatic hydroxyl groups is 1. The molecule has 4 aliphatic carbocycles. The summed E-state index contributed by atoms with van der Waals surface area (Å²) in [7, 11) is 0. The summed E-state index contributed by atoms with van der Waals surface area (Å²) in [6.07, 6.45) is 8.91. The summed E-state index contributed by atoms with van der Waals surface area (Å²) >= 11 is 0. The lowest BCUT2D eigenvalue weighted by molar-refractivity contribution is -0.175. The average molecular weight is 534 g/mol. The molecule has 1 aromatic carbocycles. The Bertz CT molecular complexity index is 1120. The molecule has 7 rings (SSSR count). The van der Waals surface area contributed by atoms with Crippen LogP contribution in [0.2, 0.25) is 0 Å². The minimum atomic E-state index is -0.606. The van der Waals surface area contributed by atoms with Gasteiger partial charge in [-0.05, 0) is 117 Å².